The van der Waals surface area contributed by atoms with Crippen molar-refractivity contribution in [2.24, 2.45) is 0 Å². The smallest absolute Gasteiger partial charge is 0.153 e. The Morgan fingerprint density at radius 2 is 1.60 bits per heavy atom. The molecule has 0 amide bonds. The average Bonchev–Trinajstić information content (AvgIpc) is 2.83. The van der Waals surface area contributed by atoms with Crippen molar-refractivity contribution in [3.05, 3.63) is 68.9 Å². The molecule has 20 heavy (non-hydrogen) atoms. The summed E-state index contributed by atoms with van der Waals surface area (Å²) in [7, 11) is 0. The summed E-state index contributed by atoms with van der Waals surface area (Å²) in [6.07, 6.45) is -0.880. The fourth-order valence-corrected chi connectivity index (χ4v) is 2.71. The van der Waals surface area contributed by atoms with Crippen LogP contribution in [0.15, 0.2) is 46.9 Å². The number of benzene rings is 2. The first-order chi connectivity index (χ1) is 9.54. The summed E-state index contributed by atoms with van der Waals surface area (Å²) in [4.78, 5) is 0. The number of aliphatic hydroxyl groups excluding tert-OH is 1. The maximum Gasteiger partial charge on any atom is 0.153 e. The lowest BCUT2D eigenvalue weighted by Gasteiger charge is -2.07. The lowest BCUT2D eigenvalue weighted by molar-refractivity contribution is 0.192. The normalized spacial score (nSPS) is 12.8. The molecule has 0 bridgehead atoms. The van der Waals surface area contributed by atoms with Crippen LogP contribution in [-0.2, 0) is 0 Å². The maximum absolute atomic E-state index is 10.3. The Kier molecular flexibility index (Phi) is 3.65. The minimum Gasteiger partial charge on any atom is -0.456 e. The van der Waals surface area contributed by atoms with Gasteiger partial charge in [0.2, 0.25) is 0 Å². The second-order valence-electron chi connectivity index (χ2n) is 4.41. The van der Waals surface area contributed by atoms with E-state index in [1.807, 2.05) is 0 Å². The third kappa shape index (κ3) is 2.52. The van der Waals surface area contributed by atoms with Crippen LogP contribution in [-0.4, -0.2) is 5.11 Å². The zero-order valence-corrected chi connectivity index (χ0v) is 12.4. The Morgan fingerprint density at radius 1 is 0.900 bits per heavy atom. The van der Waals surface area contributed by atoms with Gasteiger partial charge in [0.25, 0.3) is 0 Å². The highest BCUT2D eigenvalue weighted by atomic mass is 35.5. The monoisotopic (exact) mass is 326 g/mol. The summed E-state index contributed by atoms with van der Waals surface area (Å²) < 4.78 is 5.63. The van der Waals surface area contributed by atoms with E-state index in [1.54, 1.807) is 42.5 Å². The van der Waals surface area contributed by atoms with E-state index in [0.717, 1.165) is 5.39 Å². The molecule has 0 spiro atoms. The Labute approximate surface area is 130 Å². The van der Waals surface area contributed by atoms with Crippen molar-refractivity contribution in [1.29, 1.82) is 0 Å². The van der Waals surface area contributed by atoms with Gasteiger partial charge >= 0.3 is 0 Å². The summed E-state index contributed by atoms with van der Waals surface area (Å²) in [5, 5.41) is 12.6. The predicted octanol–water partition coefficient (Wildman–Crippen LogP) is 5.47. The molecule has 0 saturated carbocycles. The maximum atomic E-state index is 10.3. The van der Waals surface area contributed by atoms with Gasteiger partial charge in [-0.05, 0) is 35.9 Å². The Balaban J connectivity index is 2.05. The molecule has 2 aromatic carbocycles. The van der Waals surface area contributed by atoms with Crippen molar-refractivity contribution in [3.63, 3.8) is 0 Å². The molecule has 1 atom stereocenters. The van der Waals surface area contributed by atoms with Gasteiger partial charge in [0, 0.05) is 15.4 Å². The van der Waals surface area contributed by atoms with Crippen LogP contribution in [0.25, 0.3) is 11.0 Å². The molecule has 1 heterocycles. The molecule has 0 aliphatic heterocycles. The molecule has 102 valence electrons. The zero-order valence-electron chi connectivity index (χ0n) is 10.1. The van der Waals surface area contributed by atoms with Gasteiger partial charge in [-0.3, -0.25) is 0 Å². The fourth-order valence-electron chi connectivity index (χ4n) is 2.04. The van der Waals surface area contributed by atoms with Crippen LogP contribution >= 0.6 is 34.8 Å². The van der Waals surface area contributed by atoms with E-state index >= 15 is 0 Å². The minimum atomic E-state index is -0.880. The molecular weight excluding hydrogens is 319 g/mol. The van der Waals surface area contributed by atoms with Crippen molar-refractivity contribution < 1.29 is 9.52 Å². The van der Waals surface area contributed by atoms with Gasteiger partial charge in [0.15, 0.2) is 5.58 Å². The van der Waals surface area contributed by atoms with Gasteiger partial charge in [-0.15, -0.1) is 0 Å². The highest BCUT2D eigenvalue weighted by Gasteiger charge is 2.17. The average molecular weight is 328 g/mol. The Hall–Kier alpha value is -1.19. The fraction of sp³-hybridized carbons (Fsp3) is 0.0667. The molecule has 3 aromatic rings. The lowest BCUT2D eigenvalue weighted by Crippen LogP contribution is -1.97. The molecule has 0 aliphatic rings. The van der Waals surface area contributed by atoms with Crippen LogP contribution in [0.2, 0.25) is 15.1 Å². The SMILES string of the molecule is OC(c1ccc(Cl)cc1)c1cc2cc(Cl)cc(Cl)c2o1. The van der Waals surface area contributed by atoms with Crippen LogP contribution < -0.4 is 0 Å². The van der Waals surface area contributed by atoms with Gasteiger partial charge in [-0.25, -0.2) is 0 Å². The van der Waals surface area contributed by atoms with Gasteiger partial charge in [-0.1, -0.05) is 46.9 Å². The third-order valence-electron chi connectivity index (χ3n) is 3.01. The van der Waals surface area contributed by atoms with Gasteiger partial charge < -0.3 is 9.52 Å². The first kappa shape index (κ1) is 13.8. The highest BCUT2D eigenvalue weighted by molar-refractivity contribution is 6.38. The topological polar surface area (TPSA) is 33.4 Å². The van der Waals surface area contributed by atoms with Crippen LogP contribution in [0.3, 0.4) is 0 Å². The highest BCUT2D eigenvalue weighted by Crippen LogP contribution is 2.34. The second-order valence-corrected chi connectivity index (χ2v) is 5.69. The molecule has 1 N–H and O–H groups in total. The predicted molar refractivity (Wildman–Crippen MR) is 81.7 cm³/mol. The van der Waals surface area contributed by atoms with E-state index in [2.05, 4.69) is 0 Å². The molecule has 2 nitrogen and oxygen atoms in total. The van der Waals surface area contributed by atoms with E-state index in [1.165, 1.54) is 0 Å². The van der Waals surface area contributed by atoms with E-state index in [0.29, 0.717) is 32.0 Å². The summed E-state index contributed by atoms with van der Waals surface area (Å²) in [5.41, 5.74) is 1.20. The Morgan fingerprint density at radius 3 is 2.30 bits per heavy atom. The number of aliphatic hydroxyl groups is 1. The van der Waals surface area contributed by atoms with Crippen molar-refractivity contribution >= 4 is 45.8 Å². The second kappa shape index (κ2) is 5.30. The third-order valence-corrected chi connectivity index (χ3v) is 3.76. The number of furan rings is 1. The minimum absolute atomic E-state index is 0.409. The largest absolute Gasteiger partial charge is 0.456 e. The van der Waals surface area contributed by atoms with Gasteiger partial charge in [-0.2, -0.15) is 0 Å². The summed E-state index contributed by atoms with van der Waals surface area (Å²) >= 11 is 17.8. The molecular formula is C15H9Cl3O2. The summed E-state index contributed by atoms with van der Waals surface area (Å²) in [5.74, 6) is 0.409. The van der Waals surface area contributed by atoms with Gasteiger partial charge in [0.1, 0.15) is 11.9 Å². The first-order valence-electron chi connectivity index (χ1n) is 5.86. The van der Waals surface area contributed by atoms with Crippen LogP contribution in [0.4, 0.5) is 0 Å². The van der Waals surface area contributed by atoms with Crippen LogP contribution in [0, 0.1) is 0 Å². The number of hydrogen-bond acceptors (Lipinski definition) is 2. The molecule has 0 radical (unpaired) electrons. The molecule has 3 rings (SSSR count). The molecule has 0 fully saturated rings. The molecule has 1 aromatic heterocycles. The number of halogens is 3. The quantitative estimate of drug-likeness (QED) is 0.676. The number of hydrogen-bond donors (Lipinski definition) is 1. The van der Waals surface area contributed by atoms with Crippen molar-refractivity contribution in [1.82, 2.24) is 0 Å². The zero-order chi connectivity index (χ0) is 14.3. The molecule has 5 heteroatoms. The van der Waals surface area contributed by atoms with Crippen molar-refractivity contribution in [3.8, 4) is 0 Å². The molecule has 1 unspecified atom stereocenters. The van der Waals surface area contributed by atoms with E-state index in [4.69, 9.17) is 39.2 Å². The van der Waals surface area contributed by atoms with E-state index in [9.17, 15) is 5.11 Å². The van der Waals surface area contributed by atoms with Crippen LogP contribution in [0.1, 0.15) is 17.4 Å². The number of fused-ring (bicyclic) bond motifs is 1. The lowest BCUT2D eigenvalue weighted by atomic mass is 10.1. The molecule has 0 saturated heterocycles. The first-order valence-corrected chi connectivity index (χ1v) is 7.00. The van der Waals surface area contributed by atoms with Crippen molar-refractivity contribution in [2.75, 3.05) is 0 Å². The van der Waals surface area contributed by atoms with Gasteiger partial charge in [0.05, 0.1) is 5.02 Å². The molecule has 0 aliphatic carbocycles. The Bertz CT molecular complexity index is 763. The van der Waals surface area contributed by atoms with Crippen LogP contribution in [0.5, 0.6) is 0 Å². The van der Waals surface area contributed by atoms with E-state index < -0.39 is 6.10 Å². The summed E-state index contributed by atoms with van der Waals surface area (Å²) in [6, 6.07) is 12.0. The van der Waals surface area contributed by atoms with Crippen molar-refractivity contribution in [2.45, 2.75) is 6.10 Å². The van der Waals surface area contributed by atoms with E-state index in [-0.39, 0.29) is 0 Å². The summed E-state index contributed by atoms with van der Waals surface area (Å²) in [6.45, 7) is 0. The standard InChI is InChI=1S/C15H9Cl3O2/c16-10-3-1-8(2-4-10)14(19)13-6-9-5-11(17)7-12(18)15(9)20-13/h1-7,14,19H. The number of rotatable bonds is 2.